The van der Waals surface area contributed by atoms with E-state index in [4.69, 9.17) is 4.99 Å². The third kappa shape index (κ3) is 7.97. The smallest absolute Gasteiger partial charge is 0.411 e. The Morgan fingerprint density at radius 1 is 1.19 bits per heavy atom. The van der Waals surface area contributed by atoms with Crippen LogP contribution in [0.5, 0.6) is 0 Å². The molecule has 9 heteroatoms. The monoisotopic (exact) mass is 557 g/mol. The molecule has 1 unspecified atom stereocenters. The number of thiophene rings is 1. The van der Waals surface area contributed by atoms with Gasteiger partial charge in [-0.05, 0) is 62.0 Å². The van der Waals surface area contributed by atoms with Gasteiger partial charge in [0, 0.05) is 23.7 Å². The van der Waals surface area contributed by atoms with E-state index in [1.54, 1.807) is 0 Å². The van der Waals surface area contributed by atoms with Gasteiger partial charge in [0.05, 0.1) is 19.7 Å². The summed E-state index contributed by atoms with van der Waals surface area (Å²) in [5, 5.41) is 11.7. The van der Waals surface area contributed by atoms with Gasteiger partial charge in [0.1, 0.15) is 0 Å². The summed E-state index contributed by atoms with van der Waals surface area (Å²) >= 11 is 1.82. The molecule has 0 saturated carbocycles. The van der Waals surface area contributed by atoms with Crippen molar-refractivity contribution in [3.8, 4) is 0 Å². The van der Waals surface area contributed by atoms with Gasteiger partial charge in [0.2, 0.25) is 0 Å². The van der Waals surface area contributed by atoms with Gasteiger partial charge in [0.25, 0.3) is 0 Å². The van der Waals surface area contributed by atoms with Gasteiger partial charge in [-0.1, -0.05) is 18.2 Å². The number of hydrogen-bond donors (Lipinski definition) is 3. The number of carbonyl (C=O) groups is 1. The molecule has 1 aliphatic rings. The van der Waals surface area contributed by atoms with Crippen LogP contribution >= 0.6 is 35.3 Å². The van der Waals surface area contributed by atoms with E-state index in [-0.39, 0.29) is 24.0 Å². The average molecular weight is 558 g/mol. The van der Waals surface area contributed by atoms with Gasteiger partial charge in [-0.2, -0.15) is 0 Å². The Hall–Kier alpha value is -1.85. The standard InChI is InChI=1S/C22H31N5O2S.HI/c1-3-23-21(24-15-17-8-10-18(11-9-17)26-22(28)29-2)25-16-19(20-7-6-14-30-20)27-12-4-5-13-27;/h6-11,14,19H,3-5,12-13,15-16H2,1-2H3,(H,26,28)(H2,23,24,25);1H. The summed E-state index contributed by atoms with van der Waals surface area (Å²) in [4.78, 5) is 20.0. The molecule has 1 aromatic carbocycles. The molecule has 0 spiro atoms. The molecule has 0 bridgehead atoms. The molecule has 1 amide bonds. The summed E-state index contributed by atoms with van der Waals surface area (Å²) in [6.07, 6.45) is 2.07. The number of likely N-dealkylation sites (tertiary alicyclic amines) is 1. The van der Waals surface area contributed by atoms with E-state index < -0.39 is 6.09 Å². The maximum atomic E-state index is 11.3. The van der Waals surface area contributed by atoms with E-state index in [0.29, 0.717) is 18.3 Å². The summed E-state index contributed by atoms with van der Waals surface area (Å²) in [5.41, 5.74) is 1.76. The van der Waals surface area contributed by atoms with E-state index in [1.165, 1.54) is 24.8 Å². The fraction of sp³-hybridized carbons (Fsp3) is 0.455. The predicted molar refractivity (Wildman–Crippen MR) is 139 cm³/mol. The van der Waals surface area contributed by atoms with Gasteiger partial charge < -0.3 is 15.4 Å². The quantitative estimate of drug-likeness (QED) is 0.254. The maximum Gasteiger partial charge on any atom is 0.411 e. The molecule has 3 N–H and O–H groups in total. The number of anilines is 1. The van der Waals surface area contributed by atoms with E-state index in [2.05, 4.69) is 50.0 Å². The van der Waals surface area contributed by atoms with Gasteiger partial charge in [-0.3, -0.25) is 10.2 Å². The zero-order valence-electron chi connectivity index (χ0n) is 18.1. The van der Waals surface area contributed by atoms with Crippen LogP contribution in [0.25, 0.3) is 0 Å². The fourth-order valence-corrected chi connectivity index (χ4v) is 4.37. The van der Waals surface area contributed by atoms with E-state index in [1.807, 2.05) is 35.6 Å². The van der Waals surface area contributed by atoms with Gasteiger partial charge >= 0.3 is 6.09 Å². The molecule has 1 aliphatic heterocycles. The van der Waals surface area contributed by atoms with E-state index in [9.17, 15) is 4.79 Å². The largest absolute Gasteiger partial charge is 0.453 e. The number of methoxy groups -OCH3 is 1. The highest BCUT2D eigenvalue weighted by Crippen LogP contribution is 2.27. The molecule has 2 heterocycles. The highest BCUT2D eigenvalue weighted by molar-refractivity contribution is 14.0. The summed E-state index contributed by atoms with van der Waals surface area (Å²) in [6.45, 7) is 6.58. The first kappa shape index (κ1) is 25.4. The van der Waals surface area contributed by atoms with Crippen LogP contribution in [-0.4, -0.2) is 50.2 Å². The van der Waals surface area contributed by atoms with Crippen LogP contribution in [0.2, 0.25) is 0 Å². The Labute approximate surface area is 205 Å². The summed E-state index contributed by atoms with van der Waals surface area (Å²) < 4.78 is 4.61. The third-order valence-corrected chi connectivity index (χ3v) is 6.04. The molecule has 170 valence electrons. The SMILES string of the molecule is CCNC(=NCc1ccc(NC(=O)OC)cc1)NCC(c1cccs1)N1CCCC1.I. The number of guanidine groups is 1. The second-order valence-electron chi connectivity index (χ2n) is 7.16. The topological polar surface area (TPSA) is 78.0 Å². The molecule has 3 rings (SSSR count). The molecule has 1 fully saturated rings. The number of aliphatic imine (C=N–C) groups is 1. The Morgan fingerprint density at radius 3 is 2.55 bits per heavy atom. The minimum atomic E-state index is -0.474. The van der Waals surface area contributed by atoms with Crippen molar-refractivity contribution in [1.29, 1.82) is 0 Å². The fourth-order valence-electron chi connectivity index (χ4n) is 3.51. The van der Waals surface area contributed by atoms with E-state index >= 15 is 0 Å². The van der Waals surface area contributed by atoms with Crippen molar-refractivity contribution in [3.05, 3.63) is 52.2 Å². The molecule has 1 atom stereocenters. The number of halogens is 1. The van der Waals surface area contributed by atoms with Crippen molar-refractivity contribution in [3.63, 3.8) is 0 Å². The van der Waals surface area contributed by atoms with Crippen LogP contribution in [0.1, 0.15) is 36.2 Å². The van der Waals surface area contributed by atoms with Crippen LogP contribution < -0.4 is 16.0 Å². The van der Waals surface area contributed by atoms with Crippen molar-refractivity contribution < 1.29 is 9.53 Å². The lowest BCUT2D eigenvalue weighted by molar-refractivity contribution is 0.187. The van der Waals surface area contributed by atoms with Gasteiger partial charge in [-0.15, -0.1) is 35.3 Å². The van der Waals surface area contributed by atoms with Crippen molar-refractivity contribution in [1.82, 2.24) is 15.5 Å². The molecule has 0 radical (unpaired) electrons. The highest BCUT2D eigenvalue weighted by Gasteiger charge is 2.24. The van der Waals surface area contributed by atoms with Crippen LogP contribution in [0, 0.1) is 0 Å². The number of rotatable bonds is 8. The number of benzene rings is 1. The normalized spacial score (nSPS) is 15.1. The van der Waals surface area contributed by atoms with E-state index in [0.717, 1.165) is 37.7 Å². The Morgan fingerprint density at radius 2 is 1.94 bits per heavy atom. The molecule has 0 aliphatic carbocycles. The molecule has 31 heavy (non-hydrogen) atoms. The lowest BCUT2D eigenvalue weighted by atomic mass is 10.2. The van der Waals surface area contributed by atoms with Crippen molar-refractivity contribution in [2.75, 3.05) is 38.6 Å². The number of hydrogen-bond acceptors (Lipinski definition) is 5. The summed E-state index contributed by atoms with van der Waals surface area (Å²) in [5.74, 6) is 0.815. The second-order valence-corrected chi connectivity index (χ2v) is 8.14. The Kier molecular flexibility index (Phi) is 11.1. The first-order valence-corrected chi connectivity index (χ1v) is 11.3. The van der Waals surface area contributed by atoms with Crippen LogP contribution in [0.4, 0.5) is 10.5 Å². The first-order valence-electron chi connectivity index (χ1n) is 10.4. The number of carbonyl (C=O) groups excluding carboxylic acids is 1. The summed E-state index contributed by atoms with van der Waals surface area (Å²) in [6, 6.07) is 12.3. The van der Waals surface area contributed by atoms with Crippen LogP contribution in [0.15, 0.2) is 46.8 Å². The molecular weight excluding hydrogens is 525 g/mol. The van der Waals surface area contributed by atoms with Crippen molar-refractivity contribution in [2.24, 2.45) is 4.99 Å². The van der Waals surface area contributed by atoms with Crippen molar-refractivity contribution in [2.45, 2.75) is 32.4 Å². The third-order valence-electron chi connectivity index (χ3n) is 5.07. The molecule has 1 saturated heterocycles. The first-order chi connectivity index (χ1) is 14.7. The average Bonchev–Trinajstić information content (AvgIpc) is 3.48. The second kappa shape index (κ2) is 13.5. The highest BCUT2D eigenvalue weighted by atomic mass is 127. The lowest BCUT2D eigenvalue weighted by Crippen LogP contribution is -2.42. The molecular formula is C22H32IN5O2S. The number of amides is 1. The number of ether oxygens (including phenoxy) is 1. The van der Waals surface area contributed by atoms with Crippen LogP contribution in [0.3, 0.4) is 0 Å². The number of nitrogens with one attached hydrogen (secondary N) is 3. The van der Waals surface area contributed by atoms with Crippen LogP contribution in [-0.2, 0) is 11.3 Å². The zero-order chi connectivity index (χ0) is 21.2. The molecule has 1 aromatic heterocycles. The predicted octanol–water partition coefficient (Wildman–Crippen LogP) is 4.44. The van der Waals surface area contributed by atoms with Crippen molar-refractivity contribution >= 4 is 53.1 Å². The Bertz CT molecular complexity index is 808. The minimum absolute atomic E-state index is 0. The minimum Gasteiger partial charge on any atom is -0.453 e. The zero-order valence-corrected chi connectivity index (χ0v) is 21.2. The van der Waals surface area contributed by atoms with Gasteiger partial charge in [-0.25, -0.2) is 9.79 Å². The molecule has 7 nitrogen and oxygen atoms in total. The van der Waals surface area contributed by atoms with Gasteiger partial charge in [0.15, 0.2) is 5.96 Å². The lowest BCUT2D eigenvalue weighted by Gasteiger charge is -2.27. The molecule has 2 aromatic rings. The Balaban J connectivity index is 0.00000341. The maximum absolute atomic E-state index is 11.3. The number of nitrogens with zero attached hydrogens (tertiary/aromatic N) is 2. The summed E-state index contributed by atoms with van der Waals surface area (Å²) in [7, 11) is 1.35.